The molecule has 0 fully saturated rings. The Bertz CT molecular complexity index is 202. The van der Waals surface area contributed by atoms with Crippen LogP contribution in [0.15, 0.2) is 23.6 Å². The number of nitrogens with one attached hydrogen (secondary N) is 3. The van der Waals surface area contributed by atoms with E-state index in [0.717, 1.165) is 11.3 Å². The summed E-state index contributed by atoms with van der Waals surface area (Å²) in [6.45, 7) is 2.17. The fourth-order valence-electron chi connectivity index (χ4n) is 0.865. The third-order valence-corrected chi connectivity index (χ3v) is 1.43. The summed E-state index contributed by atoms with van der Waals surface area (Å²) < 4.78 is 0. The van der Waals surface area contributed by atoms with Gasteiger partial charge in [-0.05, 0) is 6.08 Å². The highest BCUT2D eigenvalue weighted by Crippen LogP contribution is 2.12. The van der Waals surface area contributed by atoms with Gasteiger partial charge in [-0.15, -0.1) is 11.1 Å². The maximum Gasteiger partial charge on any atom is 0.138 e. The lowest BCUT2D eigenvalue weighted by Crippen LogP contribution is -2.37. The lowest BCUT2D eigenvalue weighted by Gasteiger charge is -2.20. The quantitative estimate of drug-likeness (QED) is 0.458. The highest BCUT2D eigenvalue weighted by Gasteiger charge is 2.12. The molecule has 2 heterocycles. The molecule has 6 heteroatoms. The zero-order chi connectivity index (χ0) is 8.23. The number of hydrogen-bond acceptors (Lipinski definition) is 6. The molecule has 2 rings (SSSR count). The molecule has 0 bridgehead atoms. The highest BCUT2D eigenvalue weighted by atomic mass is 17.3. The van der Waals surface area contributed by atoms with Gasteiger partial charge in [-0.25, -0.2) is 0 Å². The fourth-order valence-corrected chi connectivity index (χ4v) is 0.865. The van der Waals surface area contributed by atoms with Crippen LogP contribution in [0.1, 0.15) is 0 Å². The van der Waals surface area contributed by atoms with E-state index in [2.05, 4.69) is 26.4 Å². The molecular formula is C6H8N3O3. The Hall–Kier alpha value is -1.08. The van der Waals surface area contributed by atoms with Crippen LogP contribution >= 0.6 is 0 Å². The minimum Gasteiger partial charge on any atom is -0.327 e. The summed E-state index contributed by atoms with van der Waals surface area (Å²) in [6, 6.07) is 0. The Morgan fingerprint density at radius 2 is 2.42 bits per heavy atom. The summed E-state index contributed by atoms with van der Waals surface area (Å²) in [6.07, 6.45) is 3.34. The van der Waals surface area contributed by atoms with Gasteiger partial charge in [-0.2, -0.15) is 0 Å². The number of hydrogen-bond donors (Lipinski definition) is 3. The van der Waals surface area contributed by atoms with Gasteiger partial charge in [0.15, 0.2) is 0 Å². The third-order valence-electron chi connectivity index (χ3n) is 1.43. The van der Waals surface area contributed by atoms with Gasteiger partial charge < -0.3 is 4.89 Å². The van der Waals surface area contributed by atoms with Crippen molar-refractivity contribution in [1.82, 2.24) is 16.5 Å². The van der Waals surface area contributed by atoms with Crippen LogP contribution in [-0.4, -0.2) is 6.61 Å². The molecule has 1 radical (unpaired) electrons. The molecule has 0 spiro atoms. The van der Waals surface area contributed by atoms with Crippen LogP contribution < -0.4 is 16.5 Å². The lowest BCUT2D eigenvalue weighted by atomic mass is 10.2. The van der Waals surface area contributed by atoms with Crippen molar-refractivity contribution >= 4 is 0 Å². The van der Waals surface area contributed by atoms with Gasteiger partial charge in [0.2, 0.25) is 0 Å². The molecule has 12 heavy (non-hydrogen) atoms. The monoisotopic (exact) mass is 170 g/mol. The van der Waals surface area contributed by atoms with Crippen LogP contribution in [0.25, 0.3) is 0 Å². The van der Waals surface area contributed by atoms with Crippen molar-refractivity contribution in [3.63, 3.8) is 0 Å². The molecule has 0 saturated carbocycles. The SMILES string of the molecule is [CH]1NOOC=C1C1=CCONN1. The maximum absolute atomic E-state index is 4.82. The molecule has 0 aromatic carbocycles. The first-order valence-corrected chi connectivity index (χ1v) is 3.41. The topological polar surface area (TPSA) is 63.8 Å². The van der Waals surface area contributed by atoms with Crippen LogP contribution in [0.2, 0.25) is 0 Å². The predicted octanol–water partition coefficient (Wildman–Crippen LogP) is -0.578. The first-order chi connectivity index (χ1) is 5.97. The van der Waals surface area contributed by atoms with Crippen molar-refractivity contribution in [2.45, 2.75) is 0 Å². The van der Waals surface area contributed by atoms with E-state index in [9.17, 15) is 0 Å². The smallest absolute Gasteiger partial charge is 0.138 e. The zero-order valence-corrected chi connectivity index (χ0v) is 6.16. The van der Waals surface area contributed by atoms with Gasteiger partial charge in [0.25, 0.3) is 0 Å². The summed E-state index contributed by atoms with van der Waals surface area (Å²) in [5.74, 6) is 0. The van der Waals surface area contributed by atoms with E-state index in [1.165, 1.54) is 6.26 Å². The fraction of sp³-hybridized carbons (Fsp3) is 0.167. The van der Waals surface area contributed by atoms with Crippen LogP contribution in [0.4, 0.5) is 0 Å². The van der Waals surface area contributed by atoms with E-state index in [0.29, 0.717) is 6.61 Å². The van der Waals surface area contributed by atoms with Crippen molar-refractivity contribution in [2.75, 3.05) is 6.61 Å². The van der Waals surface area contributed by atoms with Crippen LogP contribution in [0.5, 0.6) is 0 Å². The average molecular weight is 170 g/mol. The Labute approximate surface area is 69.0 Å². The van der Waals surface area contributed by atoms with Crippen LogP contribution in [0.3, 0.4) is 0 Å². The van der Waals surface area contributed by atoms with E-state index in [4.69, 9.17) is 4.84 Å². The van der Waals surface area contributed by atoms with Gasteiger partial charge in [0, 0.05) is 5.57 Å². The summed E-state index contributed by atoms with van der Waals surface area (Å²) >= 11 is 0. The molecule has 65 valence electrons. The first kappa shape index (κ1) is 7.56. The highest BCUT2D eigenvalue weighted by molar-refractivity contribution is 5.34. The summed E-state index contributed by atoms with van der Waals surface area (Å²) in [4.78, 5) is 13.8. The second-order valence-corrected chi connectivity index (χ2v) is 2.17. The molecule has 2 aliphatic heterocycles. The lowest BCUT2D eigenvalue weighted by molar-refractivity contribution is -0.295. The van der Waals surface area contributed by atoms with E-state index < -0.39 is 0 Å². The van der Waals surface area contributed by atoms with Crippen molar-refractivity contribution in [3.8, 4) is 0 Å². The standard InChI is InChI=1S/C6H8N3O3/c1-2-10-9-8-6(1)5-3-7-12-11-4-5/h1,3-4,7-9H,2H2. The van der Waals surface area contributed by atoms with Crippen molar-refractivity contribution < 1.29 is 14.7 Å². The summed E-state index contributed by atoms with van der Waals surface area (Å²) in [5, 5.41) is 0. The molecule has 0 aromatic heterocycles. The van der Waals surface area contributed by atoms with Gasteiger partial charge in [-0.1, -0.05) is 4.99 Å². The molecule has 0 aliphatic carbocycles. The Kier molecular flexibility index (Phi) is 2.23. The number of hydrazine groups is 1. The molecule has 0 amide bonds. The average Bonchev–Trinajstić information content (AvgIpc) is 2.21. The van der Waals surface area contributed by atoms with Gasteiger partial charge in [0.05, 0.1) is 18.8 Å². The molecule has 6 nitrogen and oxygen atoms in total. The van der Waals surface area contributed by atoms with E-state index in [-0.39, 0.29) is 0 Å². The zero-order valence-electron chi connectivity index (χ0n) is 6.16. The molecular weight excluding hydrogens is 162 g/mol. The van der Waals surface area contributed by atoms with Crippen LogP contribution in [-0.2, 0) is 14.7 Å². The van der Waals surface area contributed by atoms with Gasteiger partial charge in [0.1, 0.15) is 6.26 Å². The number of hydroxylamine groups is 1. The van der Waals surface area contributed by atoms with Crippen molar-refractivity contribution in [2.24, 2.45) is 0 Å². The molecule has 0 saturated heterocycles. The maximum atomic E-state index is 4.82. The summed E-state index contributed by atoms with van der Waals surface area (Å²) in [5.41, 5.74) is 9.52. The second kappa shape index (κ2) is 3.55. The largest absolute Gasteiger partial charge is 0.327 e. The first-order valence-electron chi connectivity index (χ1n) is 3.41. The second-order valence-electron chi connectivity index (χ2n) is 2.17. The Morgan fingerprint density at radius 3 is 3.08 bits per heavy atom. The number of rotatable bonds is 1. The summed E-state index contributed by atoms with van der Waals surface area (Å²) in [7, 11) is 0. The van der Waals surface area contributed by atoms with Crippen molar-refractivity contribution in [1.29, 1.82) is 0 Å². The molecule has 2 aliphatic rings. The van der Waals surface area contributed by atoms with Gasteiger partial charge >= 0.3 is 0 Å². The molecule has 0 atom stereocenters. The minimum absolute atomic E-state index is 0.508. The van der Waals surface area contributed by atoms with Gasteiger partial charge in [-0.3, -0.25) is 10.3 Å². The minimum atomic E-state index is 0.508. The molecule has 0 unspecified atom stereocenters. The van der Waals surface area contributed by atoms with E-state index >= 15 is 0 Å². The van der Waals surface area contributed by atoms with E-state index in [1.54, 1.807) is 6.54 Å². The normalized spacial score (nSPS) is 23.3. The van der Waals surface area contributed by atoms with Crippen LogP contribution in [0, 0.1) is 6.54 Å². The Morgan fingerprint density at radius 1 is 1.42 bits per heavy atom. The van der Waals surface area contributed by atoms with Crippen molar-refractivity contribution in [3.05, 3.63) is 30.2 Å². The van der Waals surface area contributed by atoms with E-state index in [1.807, 2.05) is 6.08 Å². The molecule has 0 aromatic rings. The predicted molar refractivity (Wildman–Crippen MR) is 38.0 cm³/mol. The third kappa shape index (κ3) is 1.56. The Balaban J connectivity index is 2.06. The molecule has 3 N–H and O–H groups in total.